The van der Waals surface area contributed by atoms with Crippen molar-refractivity contribution in [3.8, 4) is 16.3 Å². The zero-order chi connectivity index (χ0) is 28.1. The maximum atomic E-state index is 13.5. The van der Waals surface area contributed by atoms with Crippen LogP contribution in [0.4, 0.5) is 0 Å². The molecule has 0 radical (unpaired) electrons. The molecule has 1 aliphatic carbocycles. The van der Waals surface area contributed by atoms with Gasteiger partial charge in [-0.15, -0.1) is 11.3 Å². The summed E-state index contributed by atoms with van der Waals surface area (Å²) >= 11 is 1.79. The Morgan fingerprint density at radius 3 is 2.70 bits per heavy atom. The minimum atomic E-state index is -0.208. The number of rotatable bonds is 11. The smallest absolute Gasteiger partial charge is 0.252 e. The van der Waals surface area contributed by atoms with E-state index in [1.165, 1.54) is 30.6 Å². The second kappa shape index (κ2) is 12.9. The molecule has 5 rings (SSSR count). The van der Waals surface area contributed by atoms with Crippen molar-refractivity contribution >= 4 is 28.1 Å². The Kier molecular flexibility index (Phi) is 9.15. The summed E-state index contributed by atoms with van der Waals surface area (Å²) in [5.74, 6) is 0.597. The Morgan fingerprint density at radius 2 is 1.90 bits per heavy atom. The number of carbonyl (C=O) groups is 1. The van der Waals surface area contributed by atoms with Gasteiger partial charge in [-0.2, -0.15) is 0 Å². The number of amides is 1. The highest BCUT2D eigenvalue weighted by atomic mass is 32.1. The molecule has 2 aromatic heterocycles. The predicted molar refractivity (Wildman–Crippen MR) is 165 cm³/mol. The minimum absolute atomic E-state index is 0.109. The third-order valence-electron chi connectivity index (χ3n) is 7.66. The SMILES string of the molecule is Cc1ccc(OCCN(C)C)cc1C(=O)N[C@H](C)c1cc(-c2ccc(CNC3CCCC3)s2)nc2ccccc12. The topological polar surface area (TPSA) is 66.5 Å². The molecule has 1 aliphatic rings. The first-order chi connectivity index (χ1) is 19.4. The van der Waals surface area contributed by atoms with Gasteiger partial charge in [0.25, 0.3) is 5.91 Å². The highest BCUT2D eigenvalue weighted by Crippen LogP contribution is 2.33. The number of thiophene rings is 1. The van der Waals surface area contributed by atoms with Crippen molar-refractivity contribution in [2.24, 2.45) is 0 Å². The second-order valence-electron chi connectivity index (χ2n) is 11.1. The average molecular weight is 557 g/mol. The number of likely N-dealkylation sites (N-methyl/N-ethyl adjacent to an activating group) is 1. The van der Waals surface area contributed by atoms with E-state index in [1.54, 1.807) is 11.3 Å². The van der Waals surface area contributed by atoms with Crippen LogP contribution in [0.15, 0.2) is 60.7 Å². The quantitative estimate of drug-likeness (QED) is 0.214. The van der Waals surface area contributed by atoms with Gasteiger partial charge >= 0.3 is 0 Å². The average Bonchev–Trinajstić information content (AvgIpc) is 3.64. The zero-order valence-electron chi connectivity index (χ0n) is 24.0. The number of aromatic nitrogens is 1. The summed E-state index contributed by atoms with van der Waals surface area (Å²) < 4.78 is 5.89. The van der Waals surface area contributed by atoms with E-state index in [2.05, 4.69) is 39.8 Å². The monoisotopic (exact) mass is 556 g/mol. The Labute approximate surface area is 241 Å². The fourth-order valence-electron chi connectivity index (χ4n) is 5.31. The number of nitrogens with one attached hydrogen (secondary N) is 2. The summed E-state index contributed by atoms with van der Waals surface area (Å²) in [5.41, 5.74) is 4.48. The van der Waals surface area contributed by atoms with Crippen LogP contribution < -0.4 is 15.4 Å². The van der Waals surface area contributed by atoms with Crippen molar-refractivity contribution in [1.29, 1.82) is 0 Å². The van der Waals surface area contributed by atoms with Crippen LogP contribution in [0.5, 0.6) is 5.75 Å². The van der Waals surface area contributed by atoms with E-state index in [0.717, 1.165) is 45.7 Å². The number of hydrogen-bond donors (Lipinski definition) is 2. The molecule has 0 bridgehead atoms. The Hall–Kier alpha value is -3.26. The van der Waals surface area contributed by atoms with Crippen LogP contribution in [0.3, 0.4) is 0 Å². The largest absolute Gasteiger partial charge is 0.492 e. The number of fused-ring (bicyclic) bond motifs is 1. The minimum Gasteiger partial charge on any atom is -0.492 e. The molecule has 6 nitrogen and oxygen atoms in total. The normalized spacial score (nSPS) is 14.6. The molecule has 2 aromatic carbocycles. The fraction of sp³-hybridized carbons (Fsp3) is 0.394. The van der Waals surface area contributed by atoms with Crippen LogP contribution in [-0.2, 0) is 6.54 Å². The number of hydrogen-bond acceptors (Lipinski definition) is 6. The third kappa shape index (κ3) is 6.89. The molecule has 40 heavy (non-hydrogen) atoms. The van der Waals surface area contributed by atoms with Gasteiger partial charge in [0, 0.05) is 35.0 Å². The molecule has 1 fully saturated rings. The number of nitrogens with zero attached hydrogens (tertiary/aromatic N) is 2. The van der Waals surface area contributed by atoms with Gasteiger partial charge in [0.05, 0.1) is 22.1 Å². The first-order valence-corrected chi connectivity index (χ1v) is 15.1. The molecule has 1 amide bonds. The summed E-state index contributed by atoms with van der Waals surface area (Å²) in [7, 11) is 4.03. The molecule has 0 saturated heterocycles. The van der Waals surface area contributed by atoms with Crippen LogP contribution in [0.25, 0.3) is 21.5 Å². The highest BCUT2D eigenvalue weighted by molar-refractivity contribution is 7.15. The molecule has 1 atom stereocenters. The van der Waals surface area contributed by atoms with Crippen molar-refractivity contribution in [2.75, 3.05) is 27.2 Å². The Morgan fingerprint density at radius 1 is 1.10 bits per heavy atom. The van der Waals surface area contributed by atoms with Gasteiger partial charge in [0.1, 0.15) is 12.4 Å². The van der Waals surface area contributed by atoms with Crippen molar-refractivity contribution < 1.29 is 9.53 Å². The van der Waals surface area contributed by atoms with E-state index in [-0.39, 0.29) is 11.9 Å². The van der Waals surface area contributed by atoms with Crippen molar-refractivity contribution in [3.63, 3.8) is 0 Å². The van der Waals surface area contributed by atoms with Crippen LogP contribution in [0.1, 0.15) is 65.0 Å². The summed E-state index contributed by atoms with van der Waals surface area (Å²) in [6.45, 7) is 6.28. The lowest BCUT2D eigenvalue weighted by Crippen LogP contribution is -2.27. The predicted octanol–water partition coefficient (Wildman–Crippen LogP) is 6.74. The lowest BCUT2D eigenvalue weighted by atomic mass is 10.0. The second-order valence-corrected chi connectivity index (χ2v) is 12.2. The maximum absolute atomic E-state index is 13.5. The summed E-state index contributed by atoms with van der Waals surface area (Å²) in [6, 6.07) is 20.8. The molecule has 1 saturated carbocycles. The molecule has 4 aromatic rings. The molecule has 0 unspecified atom stereocenters. The van der Waals surface area contributed by atoms with E-state index in [4.69, 9.17) is 9.72 Å². The molecule has 2 N–H and O–H groups in total. The van der Waals surface area contributed by atoms with Crippen molar-refractivity contribution in [1.82, 2.24) is 20.5 Å². The van der Waals surface area contributed by atoms with Gasteiger partial charge in [-0.25, -0.2) is 4.98 Å². The van der Waals surface area contributed by atoms with E-state index in [1.807, 2.05) is 64.3 Å². The molecule has 0 aliphatic heterocycles. The van der Waals surface area contributed by atoms with E-state index in [0.29, 0.717) is 24.0 Å². The maximum Gasteiger partial charge on any atom is 0.252 e. The van der Waals surface area contributed by atoms with Gasteiger partial charge in [-0.1, -0.05) is 37.1 Å². The first kappa shape index (κ1) is 28.3. The molecule has 210 valence electrons. The molecule has 2 heterocycles. The molecular formula is C33H40N4O2S. The van der Waals surface area contributed by atoms with E-state index in [9.17, 15) is 4.79 Å². The first-order valence-electron chi connectivity index (χ1n) is 14.3. The number of para-hydroxylation sites is 1. The summed E-state index contributed by atoms with van der Waals surface area (Å²) in [5, 5.41) is 8.01. The third-order valence-corrected chi connectivity index (χ3v) is 8.77. The number of aryl methyl sites for hydroxylation is 1. The van der Waals surface area contributed by atoms with Crippen molar-refractivity contribution in [3.05, 3.63) is 82.2 Å². The van der Waals surface area contributed by atoms with Crippen LogP contribution in [-0.4, -0.2) is 49.1 Å². The van der Waals surface area contributed by atoms with Gasteiger partial charge in [-0.3, -0.25) is 4.79 Å². The number of benzene rings is 2. The highest BCUT2D eigenvalue weighted by Gasteiger charge is 2.19. The number of ether oxygens (including phenoxy) is 1. The number of carbonyl (C=O) groups excluding carboxylic acids is 1. The van der Waals surface area contributed by atoms with Crippen molar-refractivity contribution in [2.45, 2.75) is 58.2 Å². The zero-order valence-corrected chi connectivity index (χ0v) is 24.8. The fourth-order valence-corrected chi connectivity index (χ4v) is 6.23. The molecule has 0 spiro atoms. The van der Waals surface area contributed by atoms with Crippen LogP contribution >= 0.6 is 11.3 Å². The lowest BCUT2D eigenvalue weighted by molar-refractivity contribution is 0.0939. The Balaban J connectivity index is 1.35. The van der Waals surface area contributed by atoms with E-state index >= 15 is 0 Å². The van der Waals surface area contributed by atoms with Crippen LogP contribution in [0, 0.1) is 6.92 Å². The molecule has 7 heteroatoms. The van der Waals surface area contributed by atoms with Gasteiger partial charge in [0.2, 0.25) is 0 Å². The summed E-state index contributed by atoms with van der Waals surface area (Å²) in [4.78, 5) is 23.0. The lowest BCUT2D eigenvalue weighted by Gasteiger charge is -2.19. The standard InChI is InChI=1S/C33H40N4O2S/c1-22-13-14-25(39-18-17-37(3)4)19-28(22)33(38)35-23(2)29-20-31(36-30-12-8-7-11-27(29)30)32-16-15-26(40-32)21-34-24-9-5-6-10-24/h7-8,11-16,19-20,23-24,34H,5-6,9-10,17-18,21H2,1-4H3,(H,35,38)/t23-/m1/s1. The Bertz CT molecular complexity index is 1460. The van der Waals surface area contributed by atoms with Gasteiger partial charge < -0.3 is 20.3 Å². The van der Waals surface area contributed by atoms with Crippen LogP contribution in [0.2, 0.25) is 0 Å². The van der Waals surface area contributed by atoms with Gasteiger partial charge in [-0.05, 0) is 88.3 Å². The summed E-state index contributed by atoms with van der Waals surface area (Å²) in [6.07, 6.45) is 5.23. The number of pyridine rings is 1. The molecular weight excluding hydrogens is 516 g/mol. The van der Waals surface area contributed by atoms with Gasteiger partial charge in [0.15, 0.2) is 0 Å². The van der Waals surface area contributed by atoms with E-state index < -0.39 is 0 Å².